The van der Waals surface area contributed by atoms with E-state index in [4.69, 9.17) is 0 Å². The molecule has 20 heavy (non-hydrogen) atoms. The lowest BCUT2D eigenvalue weighted by Gasteiger charge is -2.28. The van der Waals surface area contributed by atoms with E-state index in [2.05, 4.69) is 37.4 Å². The molecule has 1 aliphatic rings. The van der Waals surface area contributed by atoms with Crippen molar-refractivity contribution in [2.45, 2.75) is 57.9 Å². The van der Waals surface area contributed by atoms with E-state index in [1.165, 1.54) is 16.7 Å². The molecule has 1 aliphatic carbocycles. The number of amides is 1. The van der Waals surface area contributed by atoms with Crippen LogP contribution in [0.4, 0.5) is 0 Å². The first-order valence-corrected chi connectivity index (χ1v) is 7.53. The molecule has 0 radical (unpaired) electrons. The van der Waals surface area contributed by atoms with E-state index in [0.717, 1.165) is 32.1 Å². The molecule has 0 aromatic heterocycles. The third-order valence-electron chi connectivity index (χ3n) is 4.39. The first kappa shape index (κ1) is 15.0. The molecule has 0 saturated heterocycles. The number of benzene rings is 1. The van der Waals surface area contributed by atoms with E-state index in [9.17, 15) is 9.90 Å². The van der Waals surface area contributed by atoms with Crippen molar-refractivity contribution < 1.29 is 9.90 Å². The molecule has 1 aromatic carbocycles. The van der Waals surface area contributed by atoms with Crippen molar-refractivity contribution in [3.63, 3.8) is 0 Å². The molecule has 110 valence electrons. The topological polar surface area (TPSA) is 49.3 Å². The van der Waals surface area contributed by atoms with Gasteiger partial charge in [0.1, 0.15) is 0 Å². The summed E-state index contributed by atoms with van der Waals surface area (Å²) >= 11 is 0. The molecular weight excluding hydrogens is 250 g/mol. The highest BCUT2D eigenvalue weighted by Gasteiger charge is 2.34. The predicted octanol–water partition coefficient (Wildman–Crippen LogP) is 2.66. The van der Waals surface area contributed by atoms with Crippen LogP contribution in [0.2, 0.25) is 0 Å². The number of aryl methyl sites for hydroxylation is 3. The molecule has 0 spiro atoms. The van der Waals surface area contributed by atoms with E-state index in [1.54, 1.807) is 0 Å². The standard InChI is InChI=1S/C17H25NO2/c1-13-5-6-15(14(2)11-13)7-8-16(20)18-17(12-19)9-3-4-10-17/h5-6,11,19H,3-4,7-10,12H2,1-2H3,(H,18,20). The average molecular weight is 275 g/mol. The number of rotatable bonds is 5. The maximum Gasteiger partial charge on any atom is 0.220 e. The quantitative estimate of drug-likeness (QED) is 0.868. The number of carbonyl (C=O) groups is 1. The number of hydrogen-bond acceptors (Lipinski definition) is 2. The van der Waals surface area contributed by atoms with Crippen molar-refractivity contribution in [1.82, 2.24) is 5.32 Å². The first-order chi connectivity index (χ1) is 9.54. The number of aliphatic hydroxyl groups excluding tert-OH is 1. The lowest BCUT2D eigenvalue weighted by Crippen LogP contribution is -2.49. The number of nitrogens with one attached hydrogen (secondary N) is 1. The summed E-state index contributed by atoms with van der Waals surface area (Å²) in [5.74, 6) is 0.0564. The molecule has 2 N–H and O–H groups in total. The van der Waals surface area contributed by atoms with Crippen LogP contribution in [-0.2, 0) is 11.2 Å². The fraction of sp³-hybridized carbons (Fsp3) is 0.588. The number of hydrogen-bond donors (Lipinski definition) is 2. The predicted molar refractivity (Wildman–Crippen MR) is 80.7 cm³/mol. The zero-order valence-corrected chi connectivity index (χ0v) is 12.5. The Morgan fingerprint density at radius 3 is 2.60 bits per heavy atom. The molecule has 1 saturated carbocycles. The van der Waals surface area contributed by atoms with Gasteiger partial charge in [-0.2, -0.15) is 0 Å². The smallest absolute Gasteiger partial charge is 0.220 e. The van der Waals surface area contributed by atoms with Gasteiger partial charge in [0.05, 0.1) is 12.1 Å². The molecule has 0 atom stereocenters. The fourth-order valence-corrected chi connectivity index (χ4v) is 3.11. The summed E-state index contributed by atoms with van der Waals surface area (Å²) in [7, 11) is 0. The second-order valence-corrected chi connectivity index (χ2v) is 6.12. The van der Waals surface area contributed by atoms with Gasteiger partial charge < -0.3 is 10.4 Å². The van der Waals surface area contributed by atoms with Gasteiger partial charge in [-0.3, -0.25) is 4.79 Å². The second-order valence-electron chi connectivity index (χ2n) is 6.12. The van der Waals surface area contributed by atoms with Gasteiger partial charge in [0.25, 0.3) is 0 Å². The van der Waals surface area contributed by atoms with Crippen LogP contribution in [0.1, 0.15) is 48.8 Å². The van der Waals surface area contributed by atoms with Crippen LogP contribution in [0.15, 0.2) is 18.2 Å². The molecular formula is C17H25NO2. The van der Waals surface area contributed by atoms with E-state index in [0.29, 0.717) is 6.42 Å². The maximum atomic E-state index is 12.1. The summed E-state index contributed by atoms with van der Waals surface area (Å²) < 4.78 is 0. The molecule has 1 aromatic rings. The largest absolute Gasteiger partial charge is 0.394 e. The minimum absolute atomic E-state index is 0.0564. The van der Waals surface area contributed by atoms with Gasteiger partial charge in [0.2, 0.25) is 5.91 Å². The van der Waals surface area contributed by atoms with E-state index < -0.39 is 0 Å². The van der Waals surface area contributed by atoms with Crippen molar-refractivity contribution in [3.8, 4) is 0 Å². The summed E-state index contributed by atoms with van der Waals surface area (Å²) in [6.07, 6.45) is 5.25. The lowest BCUT2D eigenvalue weighted by atomic mass is 9.97. The summed E-state index contributed by atoms with van der Waals surface area (Å²) in [6, 6.07) is 6.35. The van der Waals surface area contributed by atoms with E-state index in [1.807, 2.05) is 0 Å². The molecule has 3 nitrogen and oxygen atoms in total. The highest BCUT2D eigenvalue weighted by molar-refractivity contribution is 5.77. The van der Waals surface area contributed by atoms with Crippen molar-refractivity contribution in [2.24, 2.45) is 0 Å². The monoisotopic (exact) mass is 275 g/mol. The summed E-state index contributed by atoms with van der Waals surface area (Å²) in [6.45, 7) is 4.23. The summed E-state index contributed by atoms with van der Waals surface area (Å²) in [5.41, 5.74) is 3.38. The Bertz CT molecular complexity index is 476. The highest BCUT2D eigenvalue weighted by Crippen LogP contribution is 2.29. The second kappa shape index (κ2) is 6.40. The molecule has 1 fully saturated rings. The van der Waals surface area contributed by atoms with Crippen LogP contribution in [-0.4, -0.2) is 23.2 Å². The summed E-state index contributed by atoms with van der Waals surface area (Å²) in [4.78, 5) is 12.1. The maximum absolute atomic E-state index is 12.1. The molecule has 0 bridgehead atoms. The number of aliphatic hydroxyl groups is 1. The van der Waals surface area contributed by atoms with Gasteiger partial charge in [0.15, 0.2) is 0 Å². The zero-order valence-electron chi connectivity index (χ0n) is 12.5. The van der Waals surface area contributed by atoms with Gasteiger partial charge in [0, 0.05) is 6.42 Å². The minimum atomic E-state index is -0.348. The van der Waals surface area contributed by atoms with Crippen LogP contribution in [0.3, 0.4) is 0 Å². The Hall–Kier alpha value is -1.35. The molecule has 2 rings (SSSR count). The van der Waals surface area contributed by atoms with Gasteiger partial charge in [-0.25, -0.2) is 0 Å². The van der Waals surface area contributed by atoms with Crippen molar-refractivity contribution >= 4 is 5.91 Å². The van der Waals surface area contributed by atoms with Crippen molar-refractivity contribution in [2.75, 3.05) is 6.61 Å². The molecule has 0 unspecified atom stereocenters. The molecule has 0 aliphatic heterocycles. The zero-order chi connectivity index (χ0) is 14.6. The Morgan fingerprint density at radius 2 is 2.00 bits per heavy atom. The van der Waals surface area contributed by atoms with Crippen molar-refractivity contribution in [3.05, 3.63) is 34.9 Å². The van der Waals surface area contributed by atoms with Gasteiger partial charge in [-0.05, 0) is 44.2 Å². The van der Waals surface area contributed by atoms with E-state index in [-0.39, 0.29) is 18.1 Å². The van der Waals surface area contributed by atoms with Gasteiger partial charge in [-0.1, -0.05) is 36.6 Å². The Labute approximate surface area is 121 Å². The Balaban J connectivity index is 1.89. The fourth-order valence-electron chi connectivity index (χ4n) is 3.11. The average Bonchev–Trinajstić information content (AvgIpc) is 2.87. The van der Waals surface area contributed by atoms with E-state index >= 15 is 0 Å². The van der Waals surface area contributed by atoms with Crippen LogP contribution in [0.5, 0.6) is 0 Å². The Kier molecular flexibility index (Phi) is 4.81. The highest BCUT2D eigenvalue weighted by atomic mass is 16.3. The first-order valence-electron chi connectivity index (χ1n) is 7.53. The number of carbonyl (C=O) groups excluding carboxylic acids is 1. The molecule has 0 heterocycles. The van der Waals surface area contributed by atoms with Gasteiger partial charge in [-0.15, -0.1) is 0 Å². The van der Waals surface area contributed by atoms with Crippen LogP contribution in [0, 0.1) is 13.8 Å². The molecule has 3 heteroatoms. The molecule has 1 amide bonds. The SMILES string of the molecule is Cc1ccc(CCC(=O)NC2(CO)CCCC2)c(C)c1. The van der Waals surface area contributed by atoms with Crippen molar-refractivity contribution in [1.29, 1.82) is 0 Å². The van der Waals surface area contributed by atoms with Gasteiger partial charge >= 0.3 is 0 Å². The lowest BCUT2D eigenvalue weighted by molar-refractivity contribution is -0.123. The third kappa shape index (κ3) is 3.60. The Morgan fingerprint density at radius 1 is 1.30 bits per heavy atom. The minimum Gasteiger partial charge on any atom is -0.394 e. The summed E-state index contributed by atoms with van der Waals surface area (Å²) in [5, 5.41) is 12.6. The normalized spacial score (nSPS) is 17.1. The van der Waals surface area contributed by atoms with Crippen LogP contribution in [0.25, 0.3) is 0 Å². The van der Waals surface area contributed by atoms with Crippen LogP contribution >= 0.6 is 0 Å². The van der Waals surface area contributed by atoms with Crippen LogP contribution < -0.4 is 5.32 Å². The third-order valence-corrected chi connectivity index (χ3v) is 4.39.